The van der Waals surface area contributed by atoms with Gasteiger partial charge in [-0.25, -0.2) is 0 Å². The minimum absolute atomic E-state index is 0.00130. The van der Waals surface area contributed by atoms with Crippen LogP contribution in [0.15, 0.2) is 54.6 Å². The van der Waals surface area contributed by atoms with Gasteiger partial charge >= 0.3 is 0 Å². The molecule has 0 atom stereocenters. The van der Waals surface area contributed by atoms with E-state index in [0.717, 1.165) is 5.56 Å². The van der Waals surface area contributed by atoms with Gasteiger partial charge in [0.05, 0.1) is 4.92 Å². The summed E-state index contributed by atoms with van der Waals surface area (Å²) in [6.07, 6.45) is 2.93. The zero-order chi connectivity index (χ0) is 18.9. The Morgan fingerprint density at radius 1 is 1.12 bits per heavy atom. The van der Waals surface area contributed by atoms with Crippen LogP contribution in [0.5, 0.6) is 0 Å². The van der Waals surface area contributed by atoms with Gasteiger partial charge in [0, 0.05) is 36.9 Å². The molecule has 2 rings (SSSR count). The SMILES string of the molecule is CCNC(=O)c1cccc(CNC(=O)/C=C/c2ccc([N+](=O)[O-])cc2)c1. The lowest BCUT2D eigenvalue weighted by molar-refractivity contribution is -0.384. The standard InChI is InChI=1S/C19H19N3O4/c1-2-20-19(24)16-5-3-4-15(12-16)13-21-18(23)11-8-14-6-9-17(10-7-14)22(25)26/h3-12H,2,13H2,1H3,(H,20,24)(H,21,23)/b11-8+. The molecule has 0 saturated carbocycles. The molecule has 2 N–H and O–H groups in total. The van der Waals surface area contributed by atoms with Crippen molar-refractivity contribution in [2.45, 2.75) is 13.5 Å². The van der Waals surface area contributed by atoms with Crippen molar-refractivity contribution in [2.75, 3.05) is 6.54 Å². The monoisotopic (exact) mass is 353 g/mol. The third kappa shape index (κ3) is 5.55. The summed E-state index contributed by atoms with van der Waals surface area (Å²) in [6, 6.07) is 12.9. The zero-order valence-corrected chi connectivity index (χ0v) is 14.3. The highest BCUT2D eigenvalue weighted by Gasteiger charge is 2.05. The molecule has 2 aromatic rings. The van der Waals surface area contributed by atoms with Crippen LogP contribution in [0.4, 0.5) is 5.69 Å². The van der Waals surface area contributed by atoms with Crippen molar-refractivity contribution in [2.24, 2.45) is 0 Å². The highest BCUT2D eigenvalue weighted by atomic mass is 16.6. The van der Waals surface area contributed by atoms with Crippen LogP contribution in [-0.4, -0.2) is 23.3 Å². The summed E-state index contributed by atoms with van der Waals surface area (Å²) in [7, 11) is 0. The van der Waals surface area contributed by atoms with E-state index in [0.29, 0.717) is 17.7 Å². The van der Waals surface area contributed by atoms with Gasteiger partial charge in [0.2, 0.25) is 5.91 Å². The number of hydrogen-bond acceptors (Lipinski definition) is 4. The normalized spacial score (nSPS) is 10.5. The predicted octanol–water partition coefficient (Wildman–Crippen LogP) is 2.67. The van der Waals surface area contributed by atoms with Crippen molar-refractivity contribution in [1.82, 2.24) is 10.6 Å². The lowest BCUT2D eigenvalue weighted by Crippen LogP contribution is -2.23. The van der Waals surface area contributed by atoms with E-state index < -0.39 is 4.92 Å². The van der Waals surface area contributed by atoms with Crippen LogP contribution in [-0.2, 0) is 11.3 Å². The first-order valence-electron chi connectivity index (χ1n) is 8.07. The number of nitrogens with zero attached hydrogens (tertiary/aromatic N) is 1. The number of non-ortho nitro benzene ring substituents is 1. The minimum Gasteiger partial charge on any atom is -0.352 e. The number of rotatable bonds is 7. The molecule has 0 aliphatic rings. The van der Waals surface area contributed by atoms with Crippen LogP contribution >= 0.6 is 0 Å². The van der Waals surface area contributed by atoms with Crippen LogP contribution < -0.4 is 10.6 Å². The molecule has 0 heterocycles. The number of carbonyl (C=O) groups is 2. The summed E-state index contributed by atoms with van der Waals surface area (Å²) in [5.41, 5.74) is 2.04. The van der Waals surface area contributed by atoms with Crippen molar-refractivity contribution in [3.8, 4) is 0 Å². The van der Waals surface area contributed by atoms with Gasteiger partial charge in [0.1, 0.15) is 0 Å². The molecule has 0 unspecified atom stereocenters. The Balaban J connectivity index is 1.91. The molecule has 2 amide bonds. The first-order chi connectivity index (χ1) is 12.5. The van der Waals surface area contributed by atoms with E-state index in [-0.39, 0.29) is 24.0 Å². The van der Waals surface area contributed by atoms with E-state index in [2.05, 4.69) is 10.6 Å². The molecule has 0 aliphatic carbocycles. The summed E-state index contributed by atoms with van der Waals surface area (Å²) in [5.74, 6) is -0.453. The lowest BCUT2D eigenvalue weighted by Gasteiger charge is -2.06. The van der Waals surface area contributed by atoms with Crippen molar-refractivity contribution >= 4 is 23.6 Å². The quantitative estimate of drug-likeness (QED) is 0.454. The van der Waals surface area contributed by atoms with Gasteiger partial charge in [-0.2, -0.15) is 0 Å². The fourth-order valence-corrected chi connectivity index (χ4v) is 2.21. The van der Waals surface area contributed by atoms with Gasteiger partial charge in [-0.05, 0) is 48.4 Å². The van der Waals surface area contributed by atoms with Gasteiger partial charge in [0.25, 0.3) is 11.6 Å². The fourth-order valence-electron chi connectivity index (χ4n) is 2.21. The molecule has 0 bridgehead atoms. The Kier molecular flexibility index (Phi) is 6.61. The summed E-state index contributed by atoms with van der Waals surface area (Å²) < 4.78 is 0. The van der Waals surface area contributed by atoms with Crippen molar-refractivity contribution in [3.63, 3.8) is 0 Å². The van der Waals surface area contributed by atoms with Crippen molar-refractivity contribution < 1.29 is 14.5 Å². The molecule has 0 fully saturated rings. The van der Waals surface area contributed by atoms with Gasteiger partial charge in [-0.3, -0.25) is 19.7 Å². The third-order valence-corrected chi connectivity index (χ3v) is 3.52. The fraction of sp³-hybridized carbons (Fsp3) is 0.158. The molecule has 7 nitrogen and oxygen atoms in total. The van der Waals surface area contributed by atoms with Gasteiger partial charge < -0.3 is 10.6 Å². The van der Waals surface area contributed by atoms with E-state index in [1.165, 1.54) is 18.2 Å². The van der Waals surface area contributed by atoms with E-state index in [1.807, 2.05) is 13.0 Å². The van der Waals surface area contributed by atoms with E-state index >= 15 is 0 Å². The topological polar surface area (TPSA) is 101 Å². The Morgan fingerprint density at radius 3 is 2.50 bits per heavy atom. The second-order valence-electron chi connectivity index (χ2n) is 5.46. The highest BCUT2D eigenvalue weighted by Crippen LogP contribution is 2.12. The van der Waals surface area contributed by atoms with Crippen LogP contribution in [0, 0.1) is 10.1 Å². The number of benzene rings is 2. The molecular weight excluding hydrogens is 334 g/mol. The number of nitrogens with one attached hydrogen (secondary N) is 2. The maximum absolute atomic E-state index is 11.9. The minimum atomic E-state index is -0.477. The predicted molar refractivity (Wildman–Crippen MR) is 98.4 cm³/mol. The van der Waals surface area contributed by atoms with Crippen LogP contribution in [0.1, 0.15) is 28.4 Å². The van der Waals surface area contributed by atoms with Crippen LogP contribution in [0.2, 0.25) is 0 Å². The van der Waals surface area contributed by atoms with Crippen LogP contribution in [0.25, 0.3) is 6.08 Å². The number of nitro groups is 1. The molecule has 2 aromatic carbocycles. The molecule has 0 radical (unpaired) electrons. The van der Waals surface area contributed by atoms with Gasteiger partial charge in [-0.15, -0.1) is 0 Å². The molecular formula is C19H19N3O4. The molecule has 0 aromatic heterocycles. The molecule has 26 heavy (non-hydrogen) atoms. The van der Waals surface area contributed by atoms with E-state index in [4.69, 9.17) is 0 Å². The zero-order valence-electron chi connectivity index (χ0n) is 14.3. The molecule has 7 heteroatoms. The average molecular weight is 353 g/mol. The van der Waals surface area contributed by atoms with E-state index in [9.17, 15) is 19.7 Å². The molecule has 0 aliphatic heterocycles. The first kappa shape index (κ1) is 18.9. The Labute approximate surface area is 150 Å². The maximum atomic E-state index is 11.9. The van der Waals surface area contributed by atoms with E-state index in [1.54, 1.807) is 36.4 Å². The van der Waals surface area contributed by atoms with Gasteiger partial charge in [0.15, 0.2) is 0 Å². The Hall–Kier alpha value is -3.48. The average Bonchev–Trinajstić information content (AvgIpc) is 2.65. The molecule has 0 spiro atoms. The number of amides is 2. The maximum Gasteiger partial charge on any atom is 0.269 e. The lowest BCUT2D eigenvalue weighted by atomic mass is 10.1. The van der Waals surface area contributed by atoms with Crippen LogP contribution in [0.3, 0.4) is 0 Å². The Morgan fingerprint density at radius 2 is 1.85 bits per heavy atom. The smallest absolute Gasteiger partial charge is 0.269 e. The molecule has 0 saturated heterocycles. The summed E-state index contributed by atoms with van der Waals surface area (Å²) in [5, 5.41) is 16.1. The summed E-state index contributed by atoms with van der Waals surface area (Å²) >= 11 is 0. The second-order valence-corrected chi connectivity index (χ2v) is 5.46. The third-order valence-electron chi connectivity index (χ3n) is 3.52. The highest BCUT2D eigenvalue weighted by molar-refractivity contribution is 5.94. The molecule has 134 valence electrons. The summed E-state index contributed by atoms with van der Waals surface area (Å²) in [4.78, 5) is 33.8. The number of carbonyl (C=O) groups excluding carboxylic acids is 2. The largest absolute Gasteiger partial charge is 0.352 e. The summed E-state index contributed by atoms with van der Waals surface area (Å²) in [6.45, 7) is 2.68. The first-order valence-corrected chi connectivity index (χ1v) is 8.07. The van der Waals surface area contributed by atoms with Crippen molar-refractivity contribution in [3.05, 3.63) is 81.4 Å². The van der Waals surface area contributed by atoms with Gasteiger partial charge in [-0.1, -0.05) is 12.1 Å². The number of nitro benzene ring substituents is 1. The Bertz CT molecular complexity index is 829. The van der Waals surface area contributed by atoms with Crippen molar-refractivity contribution in [1.29, 1.82) is 0 Å². The second kappa shape index (κ2) is 9.12. The number of hydrogen-bond donors (Lipinski definition) is 2.